The van der Waals surface area contributed by atoms with Crippen LogP contribution >= 0.6 is 0 Å². The Morgan fingerprint density at radius 3 is 2.26 bits per heavy atom. The lowest BCUT2D eigenvalue weighted by molar-refractivity contribution is 0.0523. The fraction of sp³-hybridized carbons (Fsp3) is 0.533. The molecule has 1 aliphatic heterocycles. The molecular weight excluding hydrogens is 304 g/mol. The van der Waals surface area contributed by atoms with E-state index in [2.05, 4.69) is 4.98 Å². The first kappa shape index (κ1) is 17.0. The van der Waals surface area contributed by atoms with Gasteiger partial charge in [-0.15, -0.1) is 0 Å². The van der Waals surface area contributed by atoms with Crippen molar-refractivity contribution in [2.45, 2.75) is 13.8 Å². The maximum Gasteiger partial charge on any atom is 0.343 e. The minimum Gasteiger partial charge on any atom is -0.462 e. The molecule has 0 bridgehead atoms. The van der Waals surface area contributed by atoms with Gasteiger partial charge in [0.05, 0.1) is 26.4 Å². The van der Waals surface area contributed by atoms with Crippen LogP contribution in [0.3, 0.4) is 0 Å². The lowest BCUT2D eigenvalue weighted by Crippen LogP contribution is -2.39. The van der Waals surface area contributed by atoms with Crippen LogP contribution in [0, 0.1) is 0 Å². The van der Waals surface area contributed by atoms with Crippen molar-refractivity contribution < 1.29 is 23.8 Å². The molecule has 1 N–H and O–H groups in total. The van der Waals surface area contributed by atoms with Crippen molar-refractivity contribution in [1.29, 1.82) is 0 Å². The summed E-state index contributed by atoms with van der Waals surface area (Å²) < 4.78 is 15.1. The van der Waals surface area contributed by atoms with E-state index in [4.69, 9.17) is 14.2 Å². The summed E-state index contributed by atoms with van der Waals surface area (Å²) in [6.07, 6.45) is 0. The number of anilines is 1. The van der Waals surface area contributed by atoms with Crippen LogP contribution in [0.25, 0.3) is 0 Å². The first-order valence-electron chi connectivity index (χ1n) is 7.52. The van der Waals surface area contributed by atoms with E-state index in [0.29, 0.717) is 32.1 Å². The Morgan fingerprint density at radius 2 is 1.70 bits per heavy atom. The second-order valence-electron chi connectivity index (χ2n) is 4.81. The number of carbonyl (C=O) groups excluding carboxylic acids is 2. The van der Waals surface area contributed by atoms with Crippen LogP contribution in [-0.4, -0.2) is 56.4 Å². The number of esters is 2. The molecule has 126 valence electrons. The van der Waals surface area contributed by atoms with Crippen molar-refractivity contribution in [1.82, 2.24) is 4.98 Å². The molecule has 1 aromatic rings. The molecule has 0 aromatic carbocycles. The van der Waals surface area contributed by atoms with E-state index in [1.54, 1.807) is 13.8 Å². The highest BCUT2D eigenvalue weighted by atomic mass is 16.5. The predicted octanol–water partition coefficient (Wildman–Crippen LogP) is 0.565. The van der Waals surface area contributed by atoms with Crippen LogP contribution in [0.4, 0.5) is 5.82 Å². The Hall–Kier alpha value is -2.35. The third-order valence-electron chi connectivity index (χ3n) is 3.34. The van der Waals surface area contributed by atoms with E-state index < -0.39 is 17.5 Å². The Kier molecular flexibility index (Phi) is 5.75. The molecule has 0 spiro atoms. The number of nitrogens with zero attached hydrogens (tertiary/aromatic N) is 1. The fourth-order valence-electron chi connectivity index (χ4n) is 2.28. The molecule has 0 radical (unpaired) electrons. The molecule has 0 saturated carbocycles. The second-order valence-corrected chi connectivity index (χ2v) is 4.81. The number of carbonyl (C=O) groups is 2. The van der Waals surface area contributed by atoms with Gasteiger partial charge in [0.1, 0.15) is 16.9 Å². The molecule has 0 amide bonds. The molecule has 8 nitrogen and oxygen atoms in total. The number of pyridine rings is 1. The number of nitrogens with one attached hydrogen (secondary N) is 1. The molecule has 8 heteroatoms. The highest BCUT2D eigenvalue weighted by Gasteiger charge is 2.24. The average Bonchev–Trinajstić information content (AvgIpc) is 2.55. The quantitative estimate of drug-likeness (QED) is 0.790. The Labute approximate surface area is 133 Å². The van der Waals surface area contributed by atoms with Crippen molar-refractivity contribution in [2.24, 2.45) is 0 Å². The smallest absolute Gasteiger partial charge is 0.343 e. The zero-order valence-corrected chi connectivity index (χ0v) is 13.2. The number of H-pyrrole nitrogens is 1. The van der Waals surface area contributed by atoms with Crippen LogP contribution < -0.4 is 10.5 Å². The summed E-state index contributed by atoms with van der Waals surface area (Å²) in [7, 11) is 0. The number of rotatable bonds is 5. The molecule has 1 aliphatic rings. The zero-order chi connectivity index (χ0) is 16.8. The number of hydrogen-bond donors (Lipinski definition) is 1. The summed E-state index contributed by atoms with van der Waals surface area (Å²) in [6, 6.07) is 1.24. The lowest BCUT2D eigenvalue weighted by atomic mass is 10.1. The summed E-state index contributed by atoms with van der Waals surface area (Å²) in [6.45, 7) is 5.69. The maximum atomic E-state index is 12.2. The highest BCUT2D eigenvalue weighted by molar-refractivity contribution is 5.98. The van der Waals surface area contributed by atoms with Gasteiger partial charge in [-0.25, -0.2) is 9.59 Å². The molecule has 0 atom stereocenters. The largest absolute Gasteiger partial charge is 0.462 e. The van der Waals surface area contributed by atoms with Crippen LogP contribution in [0.15, 0.2) is 10.9 Å². The SMILES string of the molecule is CCOC(=O)c1cc(C(=O)OCC)c(=O)[nH]c1N1CCOCC1. The Balaban J connectivity index is 2.47. The van der Waals surface area contributed by atoms with Crippen molar-refractivity contribution in [3.63, 3.8) is 0 Å². The molecule has 1 aromatic heterocycles. The number of ether oxygens (including phenoxy) is 3. The molecule has 0 unspecified atom stereocenters. The summed E-state index contributed by atoms with van der Waals surface area (Å²) in [5, 5.41) is 0. The first-order valence-corrected chi connectivity index (χ1v) is 7.52. The van der Waals surface area contributed by atoms with E-state index in [1.165, 1.54) is 6.07 Å². The van der Waals surface area contributed by atoms with Gasteiger partial charge in [0.2, 0.25) is 0 Å². The summed E-state index contributed by atoms with van der Waals surface area (Å²) >= 11 is 0. The third-order valence-corrected chi connectivity index (χ3v) is 3.34. The van der Waals surface area contributed by atoms with Gasteiger partial charge in [-0.05, 0) is 19.9 Å². The van der Waals surface area contributed by atoms with Gasteiger partial charge in [0.15, 0.2) is 0 Å². The van der Waals surface area contributed by atoms with Crippen LogP contribution in [-0.2, 0) is 14.2 Å². The maximum absolute atomic E-state index is 12.2. The lowest BCUT2D eigenvalue weighted by Gasteiger charge is -2.29. The number of aromatic amines is 1. The number of aromatic nitrogens is 1. The summed E-state index contributed by atoms with van der Waals surface area (Å²) in [5.74, 6) is -1.03. The first-order chi connectivity index (χ1) is 11.1. The second kappa shape index (κ2) is 7.77. The topological polar surface area (TPSA) is 97.9 Å². The molecule has 23 heavy (non-hydrogen) atoms. The minimum atomic E-state index is -0.771. The molecule has 2 heterocycles. The normalized spacial score (nSPS) is 14.4. The molecular formula is C15H20N2O6. The zero-order valence-electron chi connectivity index (χ0n) is 13.2. The Morgan fingerprint density at radius 1 is 1.13 bits per heavy atom. The Bertz CT molecular complexity index is 633. The molecule has 2 rings (SSSR count). The minimum absolute atomic E-state index is 0.136. The third kappa shape index (κ3) is 3.89. The predicted molar refractivity (Wildman–Crippen MR) is 82.0 cm³/mol. The van der Waals surface area contributed by atoms with E-state index in [1.807, 2.05) is 4.90 Å². The molecule has 1 saturated heterocycles. The van der Waals surface area contributed by atoms with Crippen molar-refractivity contribution >= 4 is 17.8 Å². The number of morpholine rings is 1. The summed E-state index contributed by atoms with van der Waals surface area (Å²) in [4.78, 5) is 40.7. The van der Waals surface area contributed by atoms with Gasteiger partial charge in [-0.3, -0.25) is 4.79 Å². The van der Waals surface area contributed by atoms with Crippen molar-refractivity contribution in [3.8, 4) is 0 Å². The van der Waals surface area contributed by atoms with E-state index in [9.17, 15) is 14.4 Å². The number of hydrogen-bond acceptors (Lipinski definition) is 7. The van der Waals surface area contributed by atoms with E-state index in [0.717, 1.165) is 0 Å². The van der Waals surface area contributed by atoms with Gasteiger partial charge < -0.3 is 24.1 Å². The monoisotopic (exact) mass is 324 g/mol. The molecule has 1 fully saturated rings. The van der Waals surface area contributed by atoms with Crippen LogP contribution in [0.5, 0.6) is 0 Å². The standard InChI is InChI=1S/C15H20N2O6/c1-3-22-14(19)10-9-11(15(20)23-4-2)13(18)16-12(10)17-5-7-21-8-6-17/h9H,3-8H2,1-2H3,(H,16,18). The highest BCUT2D eigenvalue weighted by Crippen LogP contribution is 2.20. The van der Waals surface area contributed by atoms with Gasteiger partial charge in [-0.2, -0.15) is 0 Å². The van der Waals surface area contributed by atoms with E-state index >= 15 is 0 Å². The van der Waals surface area contributed by atoms with Gasteiger partial charge in [0.25, 0.3) is 5.56 Å². The van der Waals surface area contributed by atoms with Crippen LogP contribution in [0.1, 0.15) is 34.6 Å². The molecule has 0 aliphatic carbocycles. The van der Waals surface area contributed by atoms with Gasteiger partial charge >= 0.3 is 11.9 Å². The summed E-state index contributed by atoms with van der Waals surface area (Å²) in [5.41, 5.74) is -0.679. The van der Waals surface area contributed by atoms with Crippen molar-refractivity contribution in [2.75, 3.05) is 44.4 Å². The average molecular weight is 324 g/mol. The van der Waals surface area contributed by atoms with Crippen molar-refractivity contribution in [3.05, 3.63) is 27.5 Å². The van der Waals surface area contributed by atoms with Gasteiger partial charge in [0, 0.05) is 13.1 Å². The van der Waals surface area contributed by atoms with Gasteiger partial charge in [-0.1, -0.05) is 0 Å². The van der Waals surface area contributed by atoms with Crippen LogP contribution in [0.2, 0.25) is 0 Å². The fourth-order valence-corrected chi connectivity index (χ4v) is 2.28. The van der Waals surface area contributed by atoms with E-state index in [-0.39, 0.29) is 24.3 Å².